The molecule has 1 saturated heterocycles. The molecule has 2 heterocycles. The average Bonchev–Trinajstić information content (AvgIpc) is 2.50. The summed E-state index contributed by atoms with van der Waals surface area (Å²) in [4.78, 5) is 4.82. The first kappa shape index (κ1) is 14.8. The normalized spacial score (nSPS) is 28.7. The molecule has 4 heteroatoms. The number of benzene rings is 1. The highest BCUT2D eigenvalue weighted by Gasteiger charge is 2.31. The molecule has 0 bridgehead atoms. The van der Waals surface area contributed by atoms with Crippen LogP contribution in [0.1, 0.15) is 24.3 Å². The molecule has 0 aromatic heterocycles. The Kier molecular flexibility index (Phi) is 4.48. The third-order valence-corrected chi connectivity index (χ3v) is 5.03. The molecule has 1 aromatic carbocycles. The van der Waals surface area contributed by atoms with Gasteiger partial charge in [0.1, 0.15) is 5.75 Å². The number of hydrogen-bond acceptors (Lipinski definition) is 4. The van der Waals surface area contributed by atoms with Crippen molar-refractivity contribution in [3.05, 3.63) is 29.8 Å². The second kappa shape index (κ2) is 6.34. The number of piperazine rings is 1. The summed E-state index contributed by atoms with van der Waals surface area (Å²) >= 11 is 0. The highest BCUT2D eigenvalue weighted by atomic mass is 16.5. The zero-order valence-electron chi connectivity index (χ0n) is 13.2. The van der Waals surface area contributed by atoms with E-state index >= 15 is 0 Å². The fraction of sp³-hybridized carbons (Fsp3) is 0.647. The number of nitrogens with zero attached hydrogens (tertiary/aromatic N) is 2. The van der Waals surface area contributed by atoms with Gasteiger partial charge in [0.2, 0.25) is 0 Å². The monoisotopic (exact) mass is 289 g/mol. The first-order valence-electron chi connectivity index (χ1n) is 8.01. The topological polar surface area (TPSA) is 41.7 Å². The third-order valence-electron chi connectivity index (χ3n) is 5.03. The SMILES string of the molecule is CN1CCN(C)C(C(N)CC2CCOc3ccccc32)C1. The molecule has 2 N–H and O–H groups in total. The van der Waals surface area contributed by atoms with Crippen LogP contribution in [0.5, 0.6) is 5.75 Å². The van der Waals surface area contributed by atoms with Crippen molar-refractivity contribution < 1.29 is 4.74 Å². The van der Waals surface area contributed by atoms with E-state index in [0.29, 0.717) is 12.0 Å². The molecule has 2 aliphatic rings. The van der Waals surface area contributed by atoms with Crippen LogP contribution in [-0.4, -0.2) is 62.2 Å². The molecular weight excluding hydrogens is 262 g/mol. The van der Waals surface area contributed by atoms with Crippen molar-refractivity contribution >= 4 is 0 Å². The summed E-state index contributed by atoms with van der Waals surface area (Å²) in [5.41, 5.74) is 7.92. The highest BCUT2D eigenvalue weighted by molar-refractivity contribution is 5.37. The molecule has 0 saturated carbocycles. The quantitative estimate of drug-likeness (QED) is 0.916. The van der Waals surface area contributed by atoms with E-state index < -0.39 is 0 Å². The largest absolute Gasteiger partial charge is 0.493 e. The van der Waals surface area contributed by atoms with E-state index in [-0.39, 0.29) is 6.04 Å². The number of hydrogen-bond donors (Lipinski definition) is 1. The average molecular weight is 289 g/mol. The van der Waals surface area contributed by atoms with Gasteiger partial charge >= 0.3 is 0 Å². The van der Waals surface area contributed by atoms with Gasteiger partial charge in [-0.25, -0.2) is 0 Å². The van der Waals surface area contributed by atoms with Crippen molar-refractivity contribution in [1.29, 1.82) is 0 Å². The molecule has 3 atom stereocenters. The number of ether oxygens (including phenoxy) is 1. The minimum atomic E-state index is 0.217. The van der Waals surface area contributed by atoms with Gasteiger partial charge < -0.3 is 15.4 Å². The van der Waals surface area contributed by atoms with E-state index in [0.717, 1.165) is 44.8 Å². The summed E-state index contributed by atoms with van der Waals surface area (Å²) in [5, 5.41) is 0. The smallest absolute Gasteiger partial charge is 0.122 e. The number of rotatable bonds is 3. The summed E-state index contributed by atoms with van der Waals surface area (Å²) in [6.07, 6.45) is 2.13. The molecule has 0 spiro atoms. The van der Waals surface area contributed by atoms with Crippen LogP contribution in [0.4, 0.5) is 0 Å². The second-order valence-corrected chi connectivity index (χ2v) is 6.58. The highest BCUT2D eigenvalue weighted by Crippen LogP contribution is 2.36. The Hall–Kier alpha value is -1.10. The molecule has 3 unspecified atom stereocenters. The minimum absolute atomic E-state index is 0.217. The maximum atomic E-state index is 6.58. The van der Waals surface area contributed by atoms with Crippen molar-refractivity contribution in [2.24, 2.45) is 5.73 Å². The van der Waals surface area contributed by atoms with Crippen LogP contribution in [-0.2, 0) is 0 Å². The minimum Gasteiger partial charge on any atom is -0.493 e. The molecule has 1 fully saturated rings. The number of para-hydroxylation sites is 1. The fourth-order valence-corrected chi connectivity index (χ4v) is 3.65. The van der Waals surface area contributed by atoms with E-state index in [4.69, 9.17) is 10.5 Å². The summed E-state index contributed by atoms with van der Waals surface area (Å²) < 4.78 is 5.76. The van der Waals surface area contributed by atoms with Gasteiger partial charge in [0.15, 0.2) is 0 Å². The van der Waals surface area contributed by atoms with Gasteiger partial charge in [-0.3, -0.25) is 4.90 Å². The van der Waals surface area contributed by atoms with Crippen LogP contribution in [0, 0.1) is 0 Å². The van der Waals surface area contributed by atoms with Gasteiger partial charge in [-0.1, -0.05) is 18.2 Å². The van der Waals surface area contributed by atoms with Crippen molar-refractivity contribution in [2.45, 2.75) is 30.8 Å². The van der Waals surface area contributed by atoms with Crippen molar-refractivity contribution in [2.75, 3.05) is 40.3 Å². The van der Waals surface area contributed by atoms with E-state index in [1.807, 2.05) is 6.07 Å². The van der Waals surface area contributed by atoms with Gasteiger partial charge in [0.25, 0.3) is 0 Å². The van der Waals surface area contributed by atoms with Gasteiger partial charge in [-0.05, 0) is 44.5 Å². The molecule has 0 amide bonds. The molecular formula is C17H27N3O. The number of nitrogens with two attached hydrogens (primary N) is 1. The number of likely N-dealkylation sites (N-methyl/N-ethyl adjacent to an activating group) is 2. The summed E-state index contributed by atoms with van der Waals surface area (Å²) in [7, 11) is 4.39. The van der Waals surface area contributed by atoms with Crippen molar-refractivity contribution in [3.8, 4) is 5.75 Å². The van der Waals surface area contributed by atoms with Gasteiger partial charge in [0.05, 0.1) is 6.61 Å². The summed E-state index contributed by atoms with van der Waals surface area (Å²) in [5.74, 6) is 1.58. The number of fused-ring (bicyclic) bond motifs is 1. The molecule has 3 rings (SSSR count). The Balaban J connectivity index is 1.69. The second-order valence-electron chi connectivity index (χ2n) is 6.58. The first-order chi connectivity index (χ1) is 10.1. The maximum Gasteiger partial charge on any atom is 0.122 e. The van der Waals surface area contributed by atoms with Gasteiger partial charge in [-0.2, -0.15) is 0 Å². The zero-order valence-corrected chi connectivity index (χ0v) is 13.2. The molecule has 1 aromatic rings. The van der Waals surface area contributed by atoms with Crippen LogP contribution in [0.15, 0.2) is 24.3 Å². The molecule has 116 valence electrons. The lowest BCUT2D eigenvalue weighted by Crippen LogP contribution is -2.57. The Morgan fingerprint density at radius 2 is 2.10 bits per heavy atom. The van der Waals surface area contributed by atoms with Crippen LogP contribution < -0.4 is 10.5 Å². The molecule has 4 nitrogen and oxygen atoms in total. The summed E-state index contributed by atoms with van der Waals surface area (Å²) in [6.45, 7) is 4.14. The lowest BCUT2D eigenvalue weighted by Gasteiger charge is -2.42. The molecule has 21 heavy (non-hydrogen) atoms. The molecule has 0 aliphatic carbocycles. The predicted octanol–water partition coefficient (Wildman–Crippen LogP) is 1.52. The predicted molar refractivity (Wildman–Crippen MR) is 85.8 cm³/mol. The van der Waals surface area contributed by atoms with Crippen LogP contribution in [0.25, 0.3) is 0 Å². The Labute approximate surface area is 127 Å². The third kappa shape index (κ3) is 3.23. The standard InChI is InChI=1S/C17H27N3O/c1-19-8-9-20(2)16(12-19)15(18)11-13-7-10-21-17-6-4-3-5-14(13)17/h3-6,13,15-16H,7-12,18H2,1-2H3. The van der Waals surface area contributed by atoms with Crippen LogP contribution in [0.3, 0.4) is 0 Å². The van der Waals surface area contributed by atoms with Crippen LogP contribution >= 0.6 is 0 Å². The van der Waals surface area contributed by atoms with Crippen molar-refractivity contribution in [3.63, 3.8) is 0 Å². The summed E-state index contributed by atoms with van der Waals surface area (Å²) in [6, 6.07) is 9.10. The van der Waals surface area contributed by atoms with Crippen molar-refractivity contribution in [1.82, 2.24) is 9.80 Å². The van der Waals surface area contributed by atoms with Gasteiger partial charge in [0, 0.05) is 31.7 Å². The Morgan fingerprint density at radius 3 is 2.95 bits per heavy atom. The fourth-order valence-electron chi connectivity index (χ4n) is 3.65. The maximum absolute atomic E-state index is 6.58. The van der Waals surface area contributed by atoms with E-state index in [2.05, 4.69) is 42.1 Å². The van der Waals surface area contributed by atoms with E-state index in [1.165, 1.54) is 5.56 Å². The lowest BCUT2D eigenvalue weighted by atomic mass is 9.85. The Bertz CT molecular complexity index is 479. The van der Waals surface area contributed by atoms with Crippen LogP contribution in [0.2, 0.25) is 0 Å². The van der Waals surface area contributed by atoms with Gasteiger partial charge in [-0.15, -0.1) is 0 Å². The first-order valence-corrected chi connectivity index (χ1v) is 8.01. The molecule has 0 radical (unpaired) electrons. The van der Waals surface area contributed by atoms with E-state index in [1.54, 1.807) is 0 Å². The zero-order chi connectivity index (χ0) is 14.8. The Morgan fingerprint density at radius 1 is 1.29 bits per heavy atom. The van der Waals surface area contributed by atoms with E-state index in [9.17, 15) is 0 Å². The molecule has 2 aliphatic heterocycles. The lowest BCUT2D eigenvalue weighted by molar-refractivity contribution is 0.0918.